The van der Waals surface area contributed by atoms with Crippen molar-refractivity contribution >= 4 is 11.8 Å². The molecule has 0 radical (unpaired) electrons. The van der Waals surface area contributed by atoms with Crippen LogP contribution in [0.5, 0.6) is 0 Å². The quantitative estimate of drug-likeness (QED) is 0.647. The predicted octanol–water partition coefficient (Wildman–Crippen LogP) is 4.39. The molecule has 0 N–H and O–H groups in total. The zero-order chi connectivity index (χ0) is 20.5. The first-order chi connectivity index (χ1) is 13.5. The number of carbonyl (C=O) groups excluding carboxylic acids is 2. The monoisotopic (exact) mass is 381 g/mol. The highest BCUT2D eigenvalue weighted by Crippen LogP contribution is 2.15. The summed E-state index contributed by atoms with van der Waals surface area (Å²) in [4.78, 5) is 33.8. The van der Waals surface area contributed by atoms with E-state index in [9.17, 15) is 9.59 Å². The minimum atomic E-state index is -0.112. The van der Waals surface area contributed by atoms with Crippen molar-refractivity contribution < 1.29 is 9.59 Å². The molecular weight excluding hydrogens is 350 g/mol. The van der Waals surface area contributed by atoms with Gasteiger partial charge in [0.1, 0.15) is 0 Å². The molecule has 0 fully saturated rings. The van der Waals surface area contributed by atoms with Gasteiger partial charge in [0.05, 0.1) is 11.1 Å². The second-order valence-corrected chi connectivity index (χ2v) is 7.27. The highest BCUT2D eigenvalue weighted by molar-refractivity contribution is 5.99. The summed E-state index contributed by atoms with van der Waals surface area (Å²) in [6.45, 7) is 10.0. The van der Waals surface area contributed by atoms with Crippen LogP contribution in [0.2, 0.25) is 0 Å². The molecule has 150 valence electrons. The molecule has 1 heterocycles. The van der Waals surface area contributed by atoms with Crippen LogP contribution in [0.15, 0.2) is 48.8 Å². The Kier molecular flexibility index (Phi) is 8.18. The Bertz CT molecular complexity index is 768. The Morgan fingerprint density at radius 1 is 0.929 bits per heavy atom. The smallest absolute Gasteiger partial charge is 0.255 e. The van der Waals surface area contributed by atoms with Crippen molar-refractivity contribution in [1.82, 2.24) is 14.8 Å². The lowest BCUT2D eigenvalue weighted by molar-refractivity contribution is 0.0690. The van der Waals surface area contributed by atoms with Gasteiger partial charge in [0.15, 0.2) is 0 Å². The first-order valence-electron chi connectivity index (χ1n) is 10.1. The highest BCUT2D eigenvalue weighted by atomic mass is 16.2. The fourth-order valence-electron chi connectivity index (χ4n) is 3.15. The van der Waals surface area contributed by atoms with E-state index in [-0.39, 0.29) is 17.9 Å². The van der Waals surface area contributed by atoms with Crippen molar-refractivity contribution in [1.29, 1.82) is 0 Å². The van der Waals surface area contributed by atoms with E-state index in [2.05, 4.69) is 18.8 Å². The van der Waals surface area contributed by atoms with Crippen molar-refractivity contribution in [3.63, 3.8) is 0 Å². The number of nitrogens with zero attached hydrogens (tertiary/aromatic N) is 3. The van der Waals surface area contributed by atoms with Gasteiger partial charge in [-0.15, -0.1) is 0 Å². The van der Waals surface area contributed by atoms with Crippen LogP contribution in [-0.2, 0) is 6.54 Å². The second-order valence-electron chi connectivity index (χ2n) is 7.27. The maximum absolute atomic E-state index is 13.1. The second kappa shape index (κ2) is 10.6. The van der Waals surface area contributed by atoms with E-state index in [1.54, 1.807) is 23.4 Å². The number of rotatable bonds is 9. The maximum Gasteiger partial charge on any atom is 0.255 e. The molecule has 0 unspecified atom stereocenters. The molecule has 2 rings (SSSR count). The standard InChI is InChI=1S/C23H31N3O2/c1-5-12-25(13-6-2)22(27)20-14-21(16-24-15-20)23(28)26(18(3)4)17-19-10-8-7-9-11-19/h7-11,14-16,18H,5-6,12-13,17H2,1-4H3. The third kappa shape index (κ3) is 5.65. The van der Waals surface area contributed by atoms with Crippen LogP contribution in [0, 0.1) is 0 Å². The molecule has 2 aromatic rings. The van der Waals surface area contributed by atoms with Gasteiger partial charge in [-0.25, -0.2) is 0 Å². The lowest BCUT2D eigenvalue weighted by Crippen LogP contribution is -2.37. The van der Waals surface area contributed by atoms with Crippen molar-refractivity contribution in [3.8, 4) is 0 Å². The Labute approximate surface area is 168 Å². The van der Waals surface area contributed by atoms with Gasteiger partial charge in [0, 0.05) is 38.1 Å². The molecule has 0 bridgehead atoms. The average molecular weight is 382 g/mol. The number of pyridine rings is 1. The Morgan fingerprint density at radius 2 is 1.50 bits per heavy atom. The number of hydrogen-bond donors (Lipinski definition) is 0. The van der Waals surface area contributed by atoms with Gasteiger partial charge in [-0.3, -0.25) is 14.6 Å². The number of aromatic nitrogens is 1. The zero-order valence-electron chi connectivity index (χ0n) is 17.4. The first kappa shape index (κ1) is 21.6. The van der Waals surface area contributed by atoms with E-state index in [0.29, 0.717) is 30.8 Å². The van der Waals surface area contributed by atoms with E-state index < -0.39 is 0 Å². The molecule has 28 heavy (non-hydrogen) atoms. The van der Waals surface area contributed by atoms with Crippen LogP contribution in [0.4, 0.5) is 0 Å². The van der Waals surface area contributed by atoms with Gasteiger partial charge in [0.2, 0.25) is 0 Å². The van der Waals surface area contributed by atoms with Crippen molar-refractivity contribution in [2.24, 2.45) is 0 Å². The third-order valence-corrected chi connectivity index (χ3v) is 4.59. The van der Waals surface area contributed by atoms with Gasteiger partial charge in [-0.2, -0.15) is 0 Å². The summed E-state index contributed by atoms with van der Waals surface area (Å²) >= 11 is 0. The van der Waals surface area contributed by atoms with E-state index in [4.69, 9.17) is 0 Å². The summed E-state index contributed by atoms with van der Waals surface area (Å²) < 4.78 is 0. The lowest BCUT2D eigenvalue weighted by Gasteiger charge is -2.27. The molecule has 2 amide bonds. The lowest BCUT2D eigenvalue weighted by atomic mass is 10.1. The van der Waals surface area contributed by atoms with Crippen LogP contribution >= 0.6 is 0 Å². The van der Waals surface area contributed by atoms with Crippen LogP contribution in [0.25, 0.3) is 0 Å². The normalized spacial score (nSPS) is 10.8. The van der Waals surface area contributed by atoms with Gasteiger partial charge < -0.3 is 9.80 Å². The highest BCUT2D eigenvalue weighted by Gasteiger charge is 2.22. The molecule has 1 aromatic carbocycles. The minimum Gasteiger partial charge on any atom is -0.339 e. The van der Waals surface area contributed by atoms with E-state index in [0.717, 1.165) is 18.4 Å². The minimum absolute atomic E-state index is 0.0312. The van der Waals surface area contributed by atoms with E-state index in [1.165, 1.54) is 0 Å². The fraction of sp³-hybridized carbons (Fsp3) is 0.435. The van der Waals surface area contributed by atoms with Crippen molar-refractivity contribution in [2.75, 3.05) is 13.1 Å². The molecule has 0 saturated carbocycles. The van der Waals surface area contributed by atoms with Gasteiger partial charge in [-0.1, -0.05) is 44.2 Å². The summed E-state index contributed by atoms with van der Waals surface area (Å²) in [7, 11) is 0. The number of hydrogen-bond acceptors (Lipinski definition) is 3. The largest absolute Gasteiger partial charge is 0.339 e. The molecule has 0 atom stereocenters. The molecule has 0 aliphatic carbocycles. The van der Waals surface area contributed by atoms with Crippen LogP contribution in [0.1, 0.15) is 66.8 Å². The Hall–Kier alpha value is -2.69. The molecule has 1 aromatic heterocycles. The van der Waals surface area contributed by atoms with Crippen LogP contribution < -0.4 is 0 Å². The molecule has 0 aliphatic rings. The Morgan fingerprint density at radius 3 is 2.04 bits per heavy atom. The van der Waals surface area contributed by atoms with Crippen molar-refractivity contribution in [3.05, 3.63) is 65.5 Å². The predicted molar refractivity (Wildman–Crippen MR) is 112 cm³/mol. The number of amides is 2. The topological polar surface area (TPSA) is 53.5 Å². The number of carbonyl (C=O) groups is 2. The van der Waals surface area contributed by atoms with Gasteiger partial charge in [-0.05, 0) is 38.3 Å². The molecule has 0 aliphatic heterocycles. The van der Waals surface area contributed by atoms with Crippen LogP contribution in [0.3, 0.4) is 0 Å². The first-order valence-corrected chi connectivity index (χ1v) is 10.1. The summed E-state index contributed by atoms with van der Waals surface area (Å²) in [6, 6.07) is 11.6. The third-order valence-electron chi connectivity index (χ3n) is 4.59. The summed E-state index contributed by atoms with van der Waals surface area (Å²) in [5.41, 5.74) is 1.99. The summed E-state index contributed by atoms with van der Waals surface area (Å²) in [5.74, 6) is -0.177. The van der Waals surface area contributed by atoms with Crippen LogP contribution in [-0.4, -0.2) is 45.7 Å². The Balaban J connectivity index is 2.24. The molecule has 0 saturated heterocycles. The average Bonchev–Trinajstić information content (AvgIpc) is 2.71. The fourth-order valence-corrected chi connectivity index (χ4v) is 3.15. The van der Waals surface area contributed by atoms with Gasteiger partial charge >= 0.3 is 0 Å². The summed E-state index contributed by atoms with van der Waals surface area (Å²) in [5, 5.41) is 0. The summed E-state index contributed by atoms with van der Waals surface area (Å²) in [6.07, 6.45) is 4.89. The van der Waals surface area contributed by atoms with Gasteiger partial charge in [0.25, 0.3) is 11.8 Å². The van der Waals surface area contributed by atoms with Crippen molar-refractivity contribution in [2.45, 2.75) is 53.1 Å². The SMILES string of the molecule is CCCN(CCC)C(=O)c1cncc(C(=O)N(Cc2ccccc2)C(C)C)c1. The molecule has 0 spiro atoms. The number of benzene rings is 1. The molecule has 5 heteroatoms. The van der Waals surface area contributed by atoms with E-state index in [1.807, 2.05) is 49.1 Å². The molecule has 5 nitrogen and oxygen atoms in total. The van der Waals surface area contributed by atoms with E-state index >= 15 is 0 Å². The zero-order valence-corrected chi connectivity index (χ0v) is 17.4. The maximum atomic E-state index is 13.1. The molecular formula is C23H31N3O2.